The Morgan fingerprint density at radius 3 is 1.95 bits per heavy atom. The van der Waals surface area contributed by atoms with Gasteiger partial charge in [-0.3, -0.25) is 0 Å². The molecule has 0 N–H and O–H groups in total. The standard InChI is InChI=1S/C53H35NO2/c1-53(2)43-23-9-7-19-37(43)38-29-28-34(31-44(38)53)54(46-25-12-22-41-39-20-8-10-26-47(39)55-51(41)46)45-24-13-27-48-50(45)42-30-33-15-4-6-18-36(33)49(52(42)56-48)40-21-11-16-32-14-3-5-17-35(32)40/h3-31H,1-2H3. The molecule has 0 radical (unpaired) electrons. The van der Waals surface area contributed by atoms with Gasteiger partial charge in [0.05, 0.1) is 16.8 Å². The number of fused-ring (bicyclic) bond motifs is 11. The molecule has 3 heteroatoms. The van der Waals surface area contributed by atoms with Crippen molar-refractivity contribution in [2.24, 2.45) is 0 Å². The van der Waals surface area contributed by atoms with Gasteiger partial charge in [0.25, 0.3) is 0 Å². The molecule has 0 atom stereocenters. The summed E-state index contributed by atoms with van der Waals surface area (Å²) in [4.78, 5) is 2.40. The number of benzene rings is 9. The van der Waals surface area contributed by atoms with E-state index in [-0.39, 0.29) is 5.41 Å². The molecule has 1 aliphatic carbocycles. The third-order valence-electron chi connectivity index (χ3n) is 12.2. The first-order valence-corrected chi connectivity index (χ1v) is 19.3. The van der Waals surface area contributed by atoms with E-state index >= 15 is 0 Å². The summed E-state index contributed by atoms with van der Waals surface area (Å²) in [5.74, 6) is 0. The van der Waals surface area contributed by atoms with E-state index < -0.39 is 0 Å². The van der Waals surface area contributed by atoms with Crippen molar-refractivity contribution in [1.82, 2.24) is 0 Å². The second-order valence-corrected chi connectivity index (χ2v) is 15.6. The molecule has 2 aromatic heterocycles. The molecular weight excluding hydrogens is 683 g/mol. The Morgan fingerprint density at radius 1 is 0.411 bits per heavy atom. The van der Waals surface area contributed by atoms with Crippen molar-refractivity contribution < 1.29 is 8.83 Å². The highest BCUT2D eigenvalue weighted by atomic mass is 16.3. The van der Waals surface area contributed by atoms with E-state index in [9.17, 15) is 0 Å². The monoisotopic (exact) mass is 717 g/mol. The normalized spacial score (nSPS) is 13.3. The minimum absolute atomic E-state index is 0.167. The minimum Gasteiger partial charge on any atom is -0.455 e. The quantitative estimate of drug-likeness (QED) is 0.182. The van der Waals surface area contributed by atoms with Crippen LogP contribution in [0.2, 0.25) is 0 Å². The van der Waals surface area contributed by atoms with Crippen molar-refractivity contribution in [3.63, 3.8) is 0 Å². The van der Waals surface area contributed by atoms with Gasteiger partial charge < -0.3 is 13.7 Å². The largest absolute Gasteiger partial charge is 0.455 e. The Bertz CT molecular complexity index is 3410. The number of para-hydroxylation sites is 2. The highest BCUT2D eigenvalue weighted by Gasteiger charge is 2.36. The summed E-state index contributed by atoms with van der Waals surface area (Å²) in [5.41, 5.74) is 13.9. The molecular formula is C53H35NO2. The Balaban J connectivity index is 1.19. The first-order chi connectivity index (χ1) is 27.5. The van der Waals surface area contributed by atoms with Crippen LogP contribution in [0.1, 0.15) is 25.0 Å². The smallest absolute Gasteiger partial charge is 0.159 e. The van der Waals surface area contributed by atoms with Gasteiger partial charge in [0.15, 0.2) is 5.58 Å². The minimum atomic E-state index is -0.167. The Morgan fingerprint density at radius 2 is 1.04 bits per heavy atom. The average molecular weight is 718 g/mol. The van der Waals surface area contributed by atoms with E-state index in [0.717, 1.165) is 72.1 Å². The highest BCUT2D eigenvalue weighted by molar-refractivity contribution is 6.24. The van der Waals surface area contributed by atoms with Crippen LogP contribution in [0.5, 0.6) is 0 Å². The first-order valence-electron chi connectivity index (χ1n) is 19.3. The van der Waals surface area contributed by atoms with Crippen molar-refractivity contribution in [2.45, 2.75) is 19.3 Å². The third kappa shape index (κ3) is 4.28. The van der Waals surface area contributed by atoms with Crippen LogP contribution in [0.15, 0.2) is 185 Å². The van der Waals surface area contributed by atoms with Crippen LogP contribution in [-0.2, 0) is 5.41 Å². The maximum Gasteiger partial charge on any atom is 0.159 e. The molecule has 0 amide bonds. The van der Waals surface area contributed by atoms with E-state index in [1.807, 2.05) is 6.07 Å². The molecule has 11 aromatic rings. The van der Waals surface area contributed by atoms with Crippen LogP contribution < -0.4 is 4.90 Å². The second kappa shape index (κ2) is 11.5. The molecule has 2 heterocycles. The molecule has 0 bridgehead atoms. The summed E-state index contributed by atoms with van der Waals surface area (Å²) in [6.45, 7) is 4.69. The Hall–Kier alpha value is -7.10. The van der Waals surface area contributed by atoms with Gasteiger partial charge >= 0.3 is 0 Å². The molecule has 0 spiro atoms. The van der Waals surface area contributed by atoms with Crippen molar-refractivity contribution >= 4 is 82.5 Å². The van der Waals surface area contributed by atoms with Crippen LogP contribution in [0.3, 0.4) is 0 Å². The number of rotatable bonds is 4. The summed E-state index contributed by atoms with van der Waals surface area (Å²) >= 11 is 0. The maximum atomic E-state index is 7.09. The van der Waals surface area contributed by atoms with Crippen LogP contribution >= 0.6 is 0 Å². The fraction of sp³-hybridized carbons (Fsp3) is 0.0566. The molecule has 3 nitrogen and oxygen atoms in total. The van der Waals surface area contributed by atoms with Gasteiger partial charge in [-0.2, -0.15) is 0 Å². The number of furan rings is 2. The van der Waals surface area contributed by atoms with Gasteiger partial charge in [-0.1, -0.05) is 147 Å². The van der Waals surface area contributed by atoms with Gasteiger partial charge in [-0.15, -0.1) is 0 Å². The van der Waals surface area contributed by atoms with E-state index in [1.165, 1.54) is 43.8 Å². The predicted octanol–water partition coefficient (Wildman–Crippen LogP) is 15.2. The molecule has 0 unspecified atom stereocenters. The fourth-order valence-electron chi connectivity index (χ4n) is 9.65. The second-order valence-electron chi connectivity index (χ2n) is 15.6. The van der Waals surface area contributed by atoms with Crippen molar-refractivity contribution in [2.75, 3.05) is 4.90 Å². The van der Waals surface area contributed by atoms with Gasteiger partial charge in [-0.05, 0) is 91.8 Å². The molecule has 12 rings (SSSR count). The molecule has 0 fully saturated rings. The predicted molar refractivity (Wildman–Crippen MR) is 234 cm³/mol. The number of hydrogen-bond acceptors (Lipinski definition) is 3. The lowest BCUT2D eigenvalue weighted by Crippen LogP contribution is -2.16. The molecule has 1 aliphatic rings. The third-order valence-corrected chi connectivity index (χ3v) is 12.2. The van der Waals surface area contributed by atoms with Gasteiger partial charge in [0, 0.05) is 32.8 Å². The molecule has 0 saturated carbocycles. The van der Waals surface area contributed by atoms with Gasteiger partial charge in [0.1, 0.15) is 16.7 Å². The number of hydrogen-bond donors (Lipinski definition) is 0. The zero-order chi connectivity index (χ0) is 37.1. The highest BCUT2D eigenvalue weighted by Crippen LogP contribution is 2.53. The lowest BCUT2D eigenvalue weighted by atomic mass is 9.82. The van der Waals surface area contributed by atoms with Crippen LogP contribution in [0, 0.1) is 0 Å². The summed E-state index contributed by atoms with van der Waals surface area (Å²) in [6, 6.07) is 63.3. The van der Waals surface area contributed by atoms with Crippen molar-refractivity contribution in [3.8, 4) is 22.3 Å². The van der Waals surface area contributed by atoms with E-state index in [0.29, 0.717) is 0 Å². The van der Waals surface area contributed by atoms with Crippen LogP contribution in [-0.4, -0.2) is 0 Å². The molecule has 264 valence electrons. The SMILES string of the molecule is CC1(C)c2ccccc2-c2ccc(N(c3cccc4c3oc3ccccc34)c3cccc4oc5c(-c6cccc7ccccc67)c6ccccc6cc5c34)cc21. The topological polar surface area (TPSA) is 29.5 Å². The number of anilines is 3. The average Bonchev–Trinajstić information content (AvgIpc) is 3.88. The molecule has 0 aliphatic heterocycles. The van der Waals surface area contributed by atoms with E-state index in [4.69, 9.17) is 8.83 Å². The van der Waals surface area contributed by atoms with Gasteiger partial charge in [0.2, 0.25) is 0 Å². The Labute approximate surface area is 323 Å². The lowest BCUT2D eigenvalue weighted by molar-refractivity contribution is 0.660. The zero-order valence-electron chi connectivity index (χ0n) is 31.0. The molecule has 56 heavy (non-hydrogen) atoms. The van der Waals surface area contributed by atoms with Crippen LogP contribution in [0.25, 0.3) is 87.7 Å². The molecule has 0 saturated heterocycles. The summed E-state index contributed by atoms with van der Waals surface area (Å²) in [5, 5.41) is 9.07. The van der Waals surface area contributed by atoms with Crippen LogP contribution in [0.4, 0.5) is 17.1 Å². The molecule has 9 aromatic carbocycles. The Kier molecular flexibility index (Phi) is 6.40. The van der Waals surface area contributed by atoms with Crippen molar-refractivity contribution in [1.29, 1.82) is 0 Å². The zero-order valence-corrected chi connectivity index (χ0v) is 31.0. The first kappa shape index (κ1) is 31.3. The summed E-state index contributed by atoms with van der Waals surface area (Å²) in [6.07, 6.45) is 0. The summed E-state index contributed by atoms with van der Waals surface area (Å²) < 4.78 is 13.9. The lowest BCUT2D eigenvalue weighted by Gasteiger charge is -2.28. The fourth-order valence-corrected chi connectivity index (χ4v) is 9.65. The van der Waals surface area contributed by atoms with E-state index in [1.54, 1.807) is 0 Å². The number of nitrogens with zero attached hydrogens (tertiary/aromatic N) is 1. The summed E-state index contributed by atoms with van der Waals surface area (Å²) in [7, 11) is 0. The van der Waals surface area contributed by atoms with Gasteiger partial charge in [-0.25, -0.2) is 0 Å². The maximum absolute atomic E-state index is 7.09. The van der Waals surface area contributed by atoms with Crippen molar-refractivity contribution in [3.05, 3.63) is 187 Å². The van der Waals surface area contributed by atoms with E-state index in [2.05, 4.69) is 189 Å².